The van der Waals surface area contributed by atoms with Crippen molar-refractivity contribution in [3.63, 3.8) is 0 Å². The summed E-state index contributed by atoms with van der Waals surface area (Å²) in [5.41, 5.74) is 0. The summed E-state index contributed by atoms with van der Waals surface area (Å²) in [7, 11) is 0. The average Bonchev–Trinajstić information content (AvgIpc) is 2.48. The maximum absolute atomic E-state index is 11.5. The van der Waals surface area contributed by atoms with Gasteiger partial charge in [-0.3, -0.25) is 14.8 Å². The van der Waals surface area contributed by atoms with E-state index in [1.54, 1.807) is 0 Å². The Labute approximate surface area is 113 Å². The maximum Gasteiger partial charge on any atom is 0.392 e. The number of esters is 2. The van der Waals surface area contributed by atoms with Gasteiger partial charge in [-0.15, -0.1) is 0 Å². The molecule has 0 saturated carbocycles. The molecule has 7 nitrogen and oxygen atoms in total. The molecule has 2 rings (SSSR count). The zero-order valence-electron chi connectivity index (χ0n) is 10.1. The van der Waals surface area contributed by atoms with Crippen molar-refractivity contribution in [2.45, 2.75) is 0 Å². The molecule has 0 fully saturated rings. The van der Waals surface area contributed by atoms with Crippen LogP contribution in [-0.4, -0.2) is 27.7 Å². The highest BCUT2D eigenvalue weighted by Crippen LogP contribution is 2.09. The number of ketones is 1. The molecule has 100 valence electrons. The highest BCUT2D eigenvalue weighted by atomic mass is 16.6. The molecule has 20 heavy (non-hydrogen) atoms. The lowest BCUT2D eigenvalue weighted by Gasteiger charge is -2.03. The van der Waals surface area contributed by atoms with E-state index in [0.29, 0.717) is 0 Å². The smallest absolute Gasteiger partial charge is 0.392 e. The van der Waals surface area contributed by atoms with Crippen molar-refractivity contribution in [2.24, 2.45) is 0 Å². The van der Waals surface area contributed by atoms with Crippen molar-refractivity contribution >= 4 is 17.7 Å². The number of carbonyl (C=O) groups excluding carboxylic acids is 3. The van der Waals surface area contributed by atoms with E-state index in [9.17, 15) is 14.4 Å². The minimum atomic E-state index is -1.40. The van der Waals surface area contributed by atoms with Crippen LogP contribution in [0.25, 0.3) is 0 Å². The van der Waals surface area contributed by atoms with E-state index >= 15 is 0 Å². The van der Waals surface area contributed by atoms with Crippen LogP contribution in [0.15, 0.2) is 49.1 Å². The molecule has 0 saturated heterocycles. The Bertz CT molecular complexity index is 572. The number of pyridine rings is 2. The Hall–Kier alpha value is -3.09. The van der Waals surface area contributed by atoms with Crippen LogP contribution in [-0.2, 0) is 14.4 Å². The predicted molar refractivity (Wildman–Crippen MR) is 64.8 cm³/mol. The summed E-state index contributed by atoms with van der Waals surface area (Å²) in [6, 6.07) is 5.50. The second kappa shape index (κ2) is 6.19. The van der Waals surface area contributed by atoms with Crippen LogP contribution in [0.1, 0.15) is 0 Å². The van der Waals surface area contributed by atoms with Gasteiger partial charge >= 0.3 is 17.7 Å². The molecule has 0 atom stereocenters. The molecule has 2 heterocycles. The second-order valence-corrected chi connectivity index (χ2v) is 3.47. The van der Waals surface area contributed by atoms with E-state index in [2.05, 4.69) is 9.97 Å². The maximum atomic E-state index is 11.5. The van der Waals surface area contributed by atoms with Gasteiger partial charge in [0.15, 0.2) is 0 Å². The van der Waals surface area contributed by atoms with E-state index in [4.69, 9.17) is 9.47 Å². The number of rotatable bonds is 4. The summed E-state index contributed by atoms with van der Waals surface area (Å²) in [6.07, 6.45) is 5.51. The van der Waals surface area contributed by atoms with Crippen molar-refractivity contribution in [1.29, 1.82) is 0 Å². The minimum absolute atomic E-state index is 0.107. The SMILES string of the molecule is O=C(Oc1ccncc1)C(=O)C(=O)Oc1ccncc1. The van der Waals surface area contributed by atoms with Crippen LogP contribution in [0.2, 0.25) is 0 Å². The van der Waals surface area contributed by atoms with Gasteiger partial charge < -0.3 is 9.47 Å². The summed E-state index contributed by atoms with van der Waals surface area (Å²) >= 11 is 0. The van der Waals surface area contributed by atoms with Crippen LogP contribution in [0, 0.1) is 0 Å². The second-order valence-electron chi connectivity index (χ2n) is 3.47. The molecule has 0 radical (unpaired) electrons. The van der Waals surface area contributed by atoms with Gasteiger partial charge in [0.25, 0.3) is 0 Å². The fourth-order valence-electron chi connectivity index (χ4n) is 1.20. The fourth-order valence-corrected chi connectivity index (χ4v) is 1.20. The van der Waals surface area contributed by atoms with Crippen molar-refractivity contribution in [2.75, 3.05) is 0 Å². The Kier molecular flexibility index (Phi) is 4.13. The van der Waals surface area contributed by atoms with Gasteiger partial charge in [0.1, 0.15) is 11.5 Å². The largest absolute Gasteiger partial charge is 0.420 e. The van der Waals surface area contributed by atoms with Gasteiger partial charge in [0, 0.05) is 24.8 Å². The summed E-state index contributed by atoms with van der Waals surface area (Å²) < 4.78 is 9.39. The molecule has 2 aromatic heterocycles. The van der Waals surface area contributed by atoms with Gasteiger partial charge in [-0.2, -0.15) is 0 Å². The molecule has 0 unspecified atom stereocenters. The number of hydrogen-bond donors (Lipinski definition) is 0. The van der Waals surface area contributed by atoms with Gasteiger partial charge in [-0.25, -0.2) is 9.59 Å². The third-order valence-electron chi connectivity index (χ3n) is 2.09. The highest BCUT2D eigenvalue weighted by molar-refractivity contribution is 6.60. The summed E-state index contributed by atoms with van der Waals surface area (Å²) in [6.45, 7) is 0. The number of nitrogens with zero attached hydrogens (tertiary/aromatic N) is 2. The molecule has 0 aromatic carbocycles. The zero-order chi connectivity index (χ0) is 14.4. The third kappa shape index (κ3) is 3.45. The molecule has 7 heteroatoms. The zero-order valence-corrected chi connectivity index (χ0v) is 10.1. The van der Waals surface area contributed by atoms with Crippen molar-refractivity contribution < 1.29 is 23.9 Å². The minimum Gasteiger partial charge on any atom is -0.420 e. The van der Waals surface area contributed by atoms with Crippen molar-refractivity contribution in [3.8, 4) is 11.5 Å². The predicted octanol–water partition coefficient (Wildman–Crippen LogP) is 0.557. The molecule has 2 aromatic rings. The van der Waals surface area contributed by atoms with Crippen LogP contribution in [0.4, 0.5) is 0 Å². The molecule has 0 aliphatic carbocycles. The van der Waals surface area contributed by atoms with Crippen LogP contribution in [0.5, 0.6) is 11.5 Å². The van der Waals surface area contributed by atoms with Crippen molar-refractivity contribution in [3.05, 3.63) is 49.1 Å². The fraction of sp³-hybridized carbons (Fsp3) is 0. The van der Waals surface area contributed by atoms with E-state index < -0.39 is 17.7 Å². The molecule has 0 bridgehead atoms. The first-order chi connectivity index (χ1) is 9.66. The van der Waals surface area contributed by atoms with E-state index in [0.717, 1.165) is 0 Å². The normalized spacial score (nSPS) is 9.60. The van der Waals surface area contributed by atoms with E-state index in [-0.39, 0.29) is 11.5 Å². The first kappa shape index (κ1) is 13.3. The van der Waals surface area contributed by atoms with Gasteiger partial charge in [0.05, 0.1) is 0 Å². The van der Waals surface area contributed by atoms with Crippen LogP contribution >= 0.6 is 0 Å². The number of carbonyl (C=O) groups is 3. The first-order valence-corrected chi connectivity index (χ1v) is 5.45. The average molecular weight is 272 g/mol. The standard InChI is InChI=1S/C13H8N2O5/c16-11(12(17)19-9-1-5-14-6-2-9)13(18)20-10-3-7-15-8-4-10/h1-8H. The molecular weight excluding hydrogens is 264 g/mol. The molecule has 0 spiro atoms. The monoisotopic (exact) mass is 272 g/mol. The molecule has 0 aliphatic heterocycles. The van der Waals surface area contributed by atoms with Crippen LogP contribution < -0.4 is 9.47 Å². The van der Waals surface area contributed by atoms with Gasteiger partial charge in [-0.05, 0) is 24.3 Å². The lowest BCUT2D eigenvalue weighted by molar-refractivity contribution is -0.156. The van der Waals surface area contributed by atoms with Gasteiger partial charge in [-0.1, -0.05) is 0 Å². The molecule has 0 amide bonds. The Morgan fingerprint density at radius 1 is 0.700 bits per heavy atom. The Balaban J connectivity index is 1.97. The van der Waals surface area contributed by atoms with E-state index in [1.807, 2.05) is 0 Å². The summed E-state index contributed by atoms with van der Waals surface area (Å²) in [5, 5.41) is 0. The summed E-state index contributed by atoms with van der Waals surface area (Å²) in [5.74, 6) is -3.84. The number of aromatic nitrogens is 2. The molecular formula is C13H8N2O5. The summed E-state index contributed by atoms with van der Waals surface area (Å²) in [4.78, 5) is 41.8. The van der Waals surface area contributed by atoms with E-state index in [1.165, 1.54) is 49.1 Å². The lowest BCUT2D eigenvalue weighted by Crippen LogP contribution is -2.31. The van der Waals surface area contributed by atoms with Crippen molar-refractivity contribution in [1.82, 2.24) is 9.97 Å². The first-order valence-electron chi connectivity index (χ1n) is 5.45. The number of Topliss-reactive ketones (excluding diaryl/α,β-unsaturated/α-hetero) is 1. The Morgan fingerprint density at radius 3 is 1.40 bits per heavy atom. The topological polar surface area (TPSA) is 95.5 Å². The van der Waals surface area contributed by atoms with Gasteiger partial charge in [0.2, 0.25) is 0 Å². The Morgan fingerprint density at radius 2 is 1.05 bits per heavy atom. The number of ether oxygens (including phenoxy) is 2. The van der Waals surface area contributed by atoms with Crippen LogP contribution in [0.3, 0.4) is 0 Å². The third-order valence-corrected chi connectivity index (χ3v) is 2.09. The quantitative estimate of drug-likeness (QED) is 0.455. The lowest BCUT2D eigenvalue weighted by atomic mass is 10.4. The molecule has 0 N–H and O–H groups in total. The highest BCUT2D eigenvalue weighted by Gasteiger charge is 2.27. The number of hydrogen-bond acceptors (Lipinski definition) is 7. The molecule has 0 aliphatic rings.